The summed E-state index contributed by atoms with van der Waals surface area (Å²) >= 11 is 0. The number of likely N-dealkylation sites (N-methyl/N-ethyl adjacent to an activating group) is 1. The summed E-state index contributed by atoms with van der Waals surface area (Å²) in [6.07, 6.45) is 5.14. The monoisotopic (exact) mass is 480 g/mol. The molecule has 1 aliphatic carbocycles. The number of carbonyl (C=O) groups is 1. The summed E-state index contributed by atoms with van der Waals surface area (Å²) < 4.78 is 2.16. The minimum atomic E-state index is -0.143. The summed E-state index contributed by atoms with van der Waals surface area (Å²) in [5.74, 6) is -0.286. The third-order valence-corrected chi connectivity index (χ3v) is 9.41. The van der Waals surface area contributed by atoms with Crippen LogP contribution in [0.5, 0.6) is 0 Å². The van der Waals surface area contributed by atoms with Crippen LogP contribution < -0.4 is 10.0 Å². The van der Waals surface area contributed by atoms with E-state index in [0.717, 1.165) is 24.3 Å². The van der Waals surface area contributed by atoms with E-state index in [-0.39, 0.29) is 11.5 Å². The van der Waals surface area contributed by atoms with Crippen LogP contribution in [0.1, 0.15) is 55.6 Å². The molecule has 0 spiro atoms. The number of hydrogen-bond acceptors (Lipinski definition) is 3. The van der Waals surface area contributed by atoms with Crippen LogP contribution in [0.15, 0.2) is 34.8 Å². The smallest absolute Gasteiger partial charge is 0.212 e. The van der Waals surface area contributed by atoms with Crippen LogP contribution >= 0.6 is 0 Å². The van der Waals surface area contributed by atoms with E-state index in [1.165, 1.54) is 67.0 Å². The summed E-state index contributed by atoms with van der Waals surface area (Å²) in [4.78, 5) is 15.3. The van der Waals surface area contributed by atoms with Crippen LogP contribution in [0.3, 0.4) is 0 Å². The van der Waals surface area contributed by atoms with E-state index in [1.807, 2.05) is 26.2 Å². The molecule has 0 amide bonds. The van der Waals surface area contributed by atoms with Crippen molar-refractivity contribution in [3.63, 3.8) is 0 Å². The van der Waals surface area contributed by atoms with Crippen LogP contribution in [0.2, 0.25) is 0 Å². The van der Waals surface area contributed by atoms with Gasteiger partial charge < -0.3 is 10.0 Å². The fourth-order valence-corrected chi connectivity index (χ4v) is 6.29. The molecule has 4 nitrogen and oxygen atoms in total. The molecule has 2 aromatic carbocycles. The molecule has 0 aromatic heterocycles. The highest BCUT2D eigenvalue weighted by Crippen LogP contribution is 2.43. The van der Waals surface area contributed by atoms with Gasteiger partial charge in [-0.2, -0.15) is 4.58 Å². The topological polar surface area (TPSA) is 46.4 Å². The molecule has 0 N–H and O–H groups in total. The minimum absolute atomic E-state index is 0.143. The Hall–Kier alpha value is -3.40. The average molecular weight is 481 g/mol. The molecule has 0 atom stereocenters. The lowest BCUT2D eigenvalue weighted by Gasteiger charge is -2.29. The minimum Gasteiger partial charge on any atom is -0.871 e. The zero-order chi connectivity index (χ0) is 26.4. The molecule has 0 saturated carbocycles. The third kappa shape index (κ3) is 3.13. The lowest BCUT2D eigenvalue weighted by molar-refractivity contribution is -0.401. The number of rotatable bonds is 2. The standard InChI is InChI=1S/C32H36N2O2/c1-15-17(3)21(7)29-25(19(15)5)11-23(33(29)9)13-27-31(35)28(32(27)36)14-24-12-26-20(6)16(2)18(4)22(8)30(26)34(24)10/h13-14H,11-12H2,1-10H3. The molecule has 36 heavy (non-hydrogen) atoms. The molecular weight excluding hydrogens is 444 g/mol. The Balaban J connectivity index is 1.50. The maximum atomic E-state index is 13.2. The van der Waals surface area contributed by atoms with Gasteiger partial charge in [-0.15, -0.1) is 0 Å². The molecule has 2 aliphatic heterocycles. The maximum absolute atomic E-state index is 13.2. The Morgan fingerprint density at radius 3 is 1.92 bits per heavy atom. The van der Waals surface area contributed by atoms with Crippen LogP contribution in [0.4, 0.5) is 11.4 Å². The predicted octanol–water partition coefficient (Wildman–Crippen LogP) is 5.12. The van der Waals surface area contributed by atoms with E-state index in [1.54, 1.807) is 0 Å². The van der Waals surface area contributed by atoms with Crippen molar-refractivity contribution in [2.24, 2.45) is 0 Å². The summed E-state index contributed by atoms with van der Waals surface area (Å²) in [6, 6.07) is 0. The first-order valence-corrected chi connectivity index (χ1v) is 12.8. The second-order valence-corrected chi connectivity index (χ2v) is 10.9. The Morgan fingerprint density at radius 2 is 1.31 bits per heavy atom. The van der Waals surface area contributed by atoms with Gasteiger partial charge in [0.15, 0.2) is 11.5 Å². The first kappa shape index (κ1) is 24.3. The van der Waals surface area contributed by atoms with Crippen molar-refractivity contribution >= 4 is 22.9 Å². The highest BCUT2D eigenvalue weighted by molar-refractivity contribution is 6.23. The molecule has 0 bridgehead atoms. The van der Waals surface area contributed by atoms with Crippen molar-refractivity contribution in [1.29, 1.82) is 0 Å². The molecular formula is C32H36N2O2. The number of ketones is 1. The molecule has 2 aromatic rings. The second kappa shape index (κ2) is 8.06. The highest BCUT2D eigenvalue weighted by atomic mass is 16.3. The fourth-order valence-electron chi connectivity index (χ4n) is 6.29. The van der Waals surface area contributed by atoms with Gasteiger partial charge in [-0.3, -0.25) is 4.79 Å². The number of anilines is 1. The number of nitrogens with zero attached hydrogens (tertiary/aromatic N) is 2. The fraction of sp³-hybridized carbons (Fsp3) is 0.375. The summed E-state index contributed by atoms with van der Waals surface area (Å²) in [6.45, 7) is 17.3. The lowest BCUT2D eigenvalue weighted by atomic mass is 9.85. The second-order valence-electron chi connectivity index (χ2n) is 10.9. The summed E-state index contributed by atoms with van der Waals surface area (Å²) in [5, 5.41) is 13.2. The van der Waals surface area contributed by atoms with E-state index >= 15 is 0 Å². The number of carbonyl (C=O) groups excluding carboxylic acids is 1. The van der Waals surface area contributed by atoms with Gasteiger partial charge in [-0.1, -0.05) is 5.76 Å². The molecule has 4 heteroatoms. The van der Waals surface area contributed by atoms with Crippen molar-refractivity contribution < 1.29 is 14.5 Å². The number of fused-ring (bicyclic) bond motifs is 2. The first-order chi connectivity index (χ1) is 16.9. The van der Waals surface area contributed by atoms with Crippen LogP contribution in [-0.2, 0) is 17.6 Å². The van der Waals surface area contributed by atoms with Crippen LogP contribution in [-0.4, -0.2) is 30.2 Å². The van der Waals surface area contributed by atoms with Crippen molar-refractivity contribution in [3.05, 3.63) is 90.4 Å². The van der Waals surface area contributed by atoms with E-state index in [4.69, 9.17) is 0 Å². The predicted molar refractivity (Wildman–Crippen MR) is 146 cm³/mol. The average Bonchev–Trinajstić information content (AvgIpc) is 3.37. The van der Waals surface area contributed by atoms with Gasteiger partial charge in [0.05, 0.1) is 6.42 Å². The van der Waals surface area contributed by atoms with Crippen molar-refractivity contribution in [2.75, 3.05) is 19.0 Å². The van der Waals surface area contributed by atoms with E-state index in [9.17, 15) is 9.90 Å². The molecule has 5 rings (SSSR count). The van der Waals surface area contributed by atoms with Crippen molar-refractivity contribution in [2.45, 2.75) is 68.2 Å². The Kier molecular flexibility index (Phi) is 5.44. The highest BCUT2D eigenvalue weighted by Gasteiger charge is 2.35. The van der Waals surface area contributed by atoms with Crippen LogP contribution in [0, 0.1) is 55.4 Å². The number of hydrogen-bond donors (Lipinski definition) is 0. The number of allylic oxidation sites excluding steroid dienone is 5. The first-order valence-electron chi connectivity index (χ1n) is 12.8. The molecule has 0 saturated heterocycles. The lowest BCUT2D eigenvalue weighted by Crippen LogP contribution is -2.31. The van der Waals surface area contributed by atoms with Crippen molar-refractivity contribution in [3.8, 4) is 0 Å². The Bertz CT molecular complexity index is 1540. The molecule has 0 fully saturated rings. The molecule has 0 radical (unpaired) electrons. The number of benzene rings is 2. The quantitative estimate of drug-likeness (QED) is 0.443. The van der Waals surface area contributed by atoms with E-state index in [2.05, 4.69) is 64.9 Å². The SMILES string of the molecule is Cc1c(C)c(C)c2c(c1C)CC(=CC1=C([O-])C(=CC3=[N+](C)c4c(C)c(C)c(C)c(C)c4C3)C1=O)N2C. The molecule has 186 valence electrons. The third-order valence-electron chi connectivity index (χ3n) is 9.41. The summed E-state index contributed by atoms with van der Waals surface area (Å²) in [5.41, 5.74) is 18.1. The normalized spacial score (nSPS) is 19.2. The van der Waals surface area contributed by atoms with Crippen molar-refractivity contribution in [1.82, 2.24) is 0 Å². The molecule has 2 heterocycles. The van der Waals surface area contributed by atoms with Crippen LogP contribution in [0.25, 0.3) is 0 Å². The van der Waals surface area contributed by atoms with E-state index < -0.39 is 0 Å². The number of Topliss-reactive ketones (excluding diaryl/α,β-unsaturated/α-hetero) is 1. The largest absolute Gasteiger partial charge is 0.871 e. The van der Waals surface area contributed by atoms with E-state index in [0.29, 0.717) is 11.1 Å². The van der Waals surface area contributed by atoms with Gasteiger partial charge >= 0.3 is 0 Å². The molecule has 0 unspecified atom stereocenters. The zero-order valence-electron chi connectivity index (χ0n) is 23.3. The molecule has 3 aliphatic rings. The van der Waals surface area contributed by atoms with Gasteiger partial charge in [0, 0.05) is 53.2 Å². The maximum Gasteiger partial charge on any atom is 0.212 e. The Labute approximate surface area is 215 Å². The summed E-state index contributed by atoms with van der Waals surface area (Å²) in [7, 11) is 4.08. The van der Waals surface area contributed by atoms with Gasteiger partial charge in [-0.25, -0.2) is 0 Å². The Morgan fingerprint density at radius 1 is 0.750 bits per heavy atom. The van der Waals surface area contributed by atoms with Gasteiger partial charge in [-0.05, 0) is 106 Å². The van der Waals surface area contributed by atoms with Gasteiger partial charge in [0.2, 0.25) is 5.69 Å². The van der Waals surface area contributed by atoms with Gasteiger partial charge in [0.1, 0.15) is 7.05 Å². The van der Waals surface area contributed by atoms with Gasteiger partial charge in [0.25, 0.3) is 0 Å². The zero-order valence-corrected chi connectivity index (χ0v) is 23.3.